The topological polar surface area (TPSA) is 32.3 Å². The molecule has 0 aliphatic carbocycles. The van der Waals surface area contributed by atoms with Crippen molar-refractivity contribution in [3.8, 4) is 0 Å². The maximum absolute atomic E-state index is 12.8. The van der Waals surface area contributed by atoms with Crippen LogP contribution in [0.4, 0.5) is 11.4 Å². The molecule has 1 saturated heterocycles. The molecule has 3 nitrogen and oxygen atoms in total. The largest absolute Gasteiger partial charge is 0.372 e. The molecule has 0 bridgehead atoms. The Morgan fingerprint density at radius 3 is 1.86 bits per heavy atom. The van der Waals surface area contributed by atoms with E-state index in [1.165, 1.54) is 18.5 Å². The molecule has 1 N–H and O–H groups in total. The Labute approximate surface area is 167 Å². The lowest BCUT2D eigenvalue weighted by molar-refractivity contribution is -0.116. The minimum absolute atomic E-state index is 0.0339. The Morgan fingerprint density at radius 2 is 1.32 bits per heavy atom. The van der Waals surface area contributed by atoms with Crippen molar-refractivity contribution < 1.29 is 4.79 Å². The number of nitrogens with zero attached hydrogens (tertiary/aromatic N) is 1. The monoisotopic (exact) mass is 370 g/mol. The molecule has 1 fully saturated rings. The van der Waals surface area contributed by atoms with Gasteiger partial charge in [0, 0.05) is 36.8 Å². The van der Waals surface area contributed by atoms with E-state index in [0.29, 0.717) is 6.42 Å². The third kappa shape index (κ3) is 4.42. The summed E-state index contributed by atoms with van der Waals surface area (Å²) in [6.45, 7) is 2.25. The summed E-state index contributed by atoms with van der Waals surface area (Å²) in [5.74, 6) is 0.0814. The minimum Gasteiger partial charge on any atom is -0.372 e. The van der Waals surface area contributed by atoms with E-state index in [0.717, 1.165) is 29.9 Å². The molecular weight excluding hydrogens is 344 g/mol. The maximum atomic E-state index is 12.8. The highest BCUT2D eigenvalue weighted by molar-refractivity contribution is 5.91. The van der Waals surface area contributed by atoms with E-state index < -0.39 is 0 Å². The number of carbonyl (C=O) groups excluding carboxylic acids is 1. The summed E-state index contributed by atoms with van der Waals surface area (Å²) in [5.41, 5.74) is 4.41. The van der Waals surface area contributed by atoms with Gasteiger partial charge in [-0.1, -0.05) is 60.7 Å². The first-order chi connectivity index (χ1) is 13.8. The molecule has 1 heterocycles. The van der Waals surface area contributed by atoms with E-state index in [-0.39, 0.29) is 11.8 Å². The predicted molar refractivity (Wildman–Crippen MR) is 116 cm³/mol. The summed E-state index contributed by atoms with van der Waals surface area (Å²) in [6.07, 6.45) is 2.94. The molecule has 0 aromatic heterocycles. The molecule has 3 aromatic rings. The van der Waals surface area contributed by atoms with E-state index in [1.807, 2.05) is 48.5 Å². The van der Waals surface area contributed by atoms with Gasteiger partial charge in [-0.2, -0.15) is 0 Å². The average molecular weight is 370 g/mol. The van der Waals surface area contributed by atoms with Crippen LogP contribution in [0.2, 0.25) is 0 Å². The third-order valence-corrected chi connectivity index (χ3v) is 5.42. The Hall–Kier alpha value is -3.07. The molecule has 1 amide bonds. The van der Waals surface area contributed by atoms with Crippen molar-refractivity contribution in [3.63, 3.8) is 0 Å². The smallest absolute Gasteiger partial charge is 0.225 e. The van der Waals surface area contributed by atoms with Gasteiger partial charge < -0.3 is 10.2 Å². The molecule has 28 heavy (non-hydrogen) atoms. The predicted octanol–water partition coefficient (Wildman–Crippen LogP) is 5.45. The number of nitrogens with one attached hydrogen (secondary N) is 1. The lowest BCUT2D eigenvalue weighted by Crippen LogP contribution is -2.18. The summed E-state index contributed by atoms with van der Waals surface area (Å²) in [5, 5.41) is 3.07. The van der Waals surface area contributed by atoms with Gasteiger partial charge in [0.1, 0.15) is 0 Å². The quantitative estimate of drug-likeness (QED) is 0.626. The Balaban J connectivity index is 1.46. The van der Waals surface area contributed by atoms with Crippen LogP contribution in [0.5, 0.6) is 0 Å². The molecule has 0 unspecified atom stereocenters. The Kier molecular flexibility index (Phi) is 5.72. The number of anilines is 2. The SMILES string of the molecule is O=C(CC(c1ccccc1)c1ccccc1)Nc1ccc(N2CCCC2)cc1. The zero-order chi connectivity index (χ0) is 19.2. The van der Waals surface area contributed by atoms with Crippen molar-refractivity contribution in [2.45, 2.75) is 25.2 Å². The molecule has 0 radical (unpaired) electrons. The summed E-state index contributed by atoms with van der Waals surface area (Å²) < 4.78 is 0. The van der Waals surface area contributed by atoms with E-state index in [2.05, 4.69) is 46.6 Å². The van der Waals surface area contributed by atoms with Gasteiger partial charge in [-0.15, -0.1) is 0 Å². The lowest BCUT2D eigenvalue weighted by Gasteiger charge is -2.19. The van der Waals surface area contributed by atoms with Crippen LogP contribution in [0.15, 0.2) is 84.9 Å². The molecule has 4 rings (SSSR count). The van der Waals surface area contributed by atoms with Crippen LogP contribution in [-0.2, 0) is 4.79 Å². The molecule has 0 saturated carbocycles. The zero-order valence-corrected chi connectivity index (χ0v) is 16.1. The van der Waals surface area contributed by atoms with Crippen molar-refractivity contribution in [2.75, 3.05) is 23.3 Å². The summed E-state index contributed by atoms with van der Waals surface area (Å²) >= 11 is 0. The van der Waals surface area contributed by atoms with Gasteiger partial charge >= 0.3 is 0 Å². The molecule has 3 aromatic carbocycles. The standard InChI is InChI=1S/C25H26N2O/c28-25(26-22-13-15-23(16-14-22)27-17-7-8-18-27)19-24(20-9-3-1-4-10-20)21-11-5-2-6-12-21/h1-6,9-16,24H,7-8,17-19H2,(H,26,28). The zero-order valence-electron chi connectivity index (χ0n) is 16.1. The van der Waals surface area contributed by atoms with Crippen molar-refractivity contribution in [2.24, 2.45) is 0 Å². The van der Waals surface area contributed by atoms with E-state index in [9.17, 15) is 4.79 Å². The van der Waals surface area contributed by atoms with Crippen LogP contribution in [0, 0.1) is 0 Å². The second-order valence-electron chi connectivity index (χ2n) is 7.37. The van der Waals surface area contributed by atoms with Gasteiger partial charge in [0.05, 0.1) is 0 Å². The number of amides is 1. The van der Waals surface area contributed by atoms with Crippen LogP contribution in [0.25, 0.3) is 0 Å². The van der Waals surface area contributed by atoms with Gasteiger partial charge in [0.15, 0.2) is 0 Å². The highest BCUT2D eigenvalue weighted by atomic mass is 16.1. The fourth-order valence-electron chi connectivity index (χ4n) is 3.93. The van der Waals surface area contributed by atoms with E-state index in [1.54, 1.807) is 0 Å². The second kappa shape index (κ2) is 8.75. The van der Waals surface area contributed by atoms with Crippen molar-refractivity contribution >= 4 is 17.3 Å². The highest BCUT2D eigenvalue weighted by Gasteiger charge is 2.18. The minimum atomic E-state index is 0.0339. The van der Waals surface area contributed by atoms with E-state index in [4.69, 9.17) is 0 Å². The number of carbonyl (C=O) groups is 1. The van der Waals surface area contributed by atoms with Gasteiger partial charge in [-0.05, 0) is 48.2 Å². The molecule has 1 aliphatic rings. The van der Waals surface area contributed by atoms with E-state index >= 15 is 0 Å². The maximum Gasteiger partial charge on any atom is 0.225 e. The molecule has 0 spiro atoms. The van der Waals surface area contributed by atoms with Crippen molar-refractivity contribution in [1.29, 1.82) is 0 Å². The van der Waals surface area contributed by atoms with Crippen LogP contribution >= 0.6 is 0 Å². The van der Waals surface area contributed by atoms with Crippen LogP contribution in [0.3, 0.4) is 0 Å². The Bertz CT molecular complexity index is 845. The summed E-state index contributed by atoms with van der Waals surface area (Å²) in [7, 11) is 0. The number of rotatable bonds is 6. The first-order valence-corrected chi connectivity index (χ1v) is 10.0. The van der Waals surface area contributed by atoms with Gasteiger partial charge in [-0.3, -0.25) is 4.79 Å². The summed E-state index contributed by atoms with van der Waals surface area (Å²) in [6, 6.07) is 28.7. The van der Waals surface area contributed by atoms with Gasteiger partial charge in [-0.25, -0.2) is 0 Å². The number of benzene rings is 3. The fraction of sp³-hybridized carbons (Fsp3) is 0.240. The molecule has 0 atom stereocenters. The van der Waals surface area contributed by atoms with Gasteiger partial charge in [0.25, 0.3) is 0 Å². The molecule has 3 heteroatoms. The summed E-state index contributed by atoms with van der Waals surface area (Å²) in [4.78, 5) is 15.2. The molecule has 142 valence electrons. The lowest BCUT2D eigenvalue weighted by atomic mass is 9.88. The molecule has 1 aliphatic heterocycles. The highest BCUT2D eigenvalue weighted by Crippen LogP contribution is 2.28. The fourth-order valence-corrected chi connectivity index (χ4v) is 3.93. The Morgan fingerprint density at radius 1 is 0.786 bits per heavy atom. The first-order valence-electron chi connectivity index (χ1n) is 10.0. The first kappa shape index (κ1) is 18.3. The second-order valence-corrected chi connectivity index (χ2v) is 7.37. The average Bonchev–Trinajstić information content (AvgIpc) is 3.29. The van der Waals surface area contributed by atoms with Crippen LogP contribution in [-0.4, -0.2) is 19.0 Å². The number of hydrogen-bond donors (Lipinski definition) is 1. The number of hydrogen-bond acceptors (Lipinski definition) is 2. The third-order valence-electron chi connectivity index (χ3n) is 5.42. The normalized spacial score (nSPS) is 13.7. The van der Waals surface area contributed by atoms with Crippen molar-refractivity contribution in [1.82, 2.24) is 0 Å². The van der Waals surface area contributed by atoms with Crippen molar-refractivity contribution in [3.05, 3.63) is 96.1 Å². The molecular formula is C25H26N2O. The van der Waals surface area contributed by atoms with Gasteiger partial charge in [0.2, 0.25) is 5.91 Å². The van der Waals surface area contributed by atoms with Crippen LogP contribution in [0.1, 0.15) is 36.3 Å². The van der Waals surface area contributed by atoms with Crippen LogP contribution < -0.4 is 10.2 Å².